The molecule has 0 bridgehead atoms. The van der Waals surface area contributed by atoms with Crippen LogP contribution in [0.15, 0.2) is 91.0 Å². The molecule has 0 aliphatic carbocycles. The van der Waals surface area contributed by atoms with Crippen molar-refractivity contribution < 1.29 is 37.1 Å². The van der Waals surface area contributed by atoms with Gasteiger partial charge in [-0.3, -0.25) is 19.3 Å². The Morgan fingerprint density at radius 3 is 1.79 bits per heavy atom. The van der Waals surface area contributed by atoms with E-state index in [1.807, 2.05) is 32.0 Å². The zero-order valence-electron chi connectivity index (χ0n) is 33.0. The summed E-state index contributed by atoms with van der Waals surface area (Å²) in [4.78, 5) is 57.4. The first-order valence-electron chi connectivity index (χ1n) is 19.3. The number of hydrogen-bond acceptors (Lipinski definition) is 6. The summed E-state index contributed by atoms with van der Waals surface area (Å²) in [6.07, 6.45) is -4.90. The number of benzene rings is 3. The van der Waals surface area contributed by atoms with Gasteiger partial charge in [0.1, 0.15) is 17.7 Å². The molecule has 0 unspecified atom stereocenters. The van der Waals surface area contributed by atoms with Gasteiger partial charge in [-0.05, 0) is 69.1 Å². The highest BCUT2D eigenvalue weighted by atomic mass is 19.4. The molecule has 56 heavy (non-hydrogen) atoms. The minimum atomic E-state index is -5.36. The van der Waals surface area contributed by atoms with Gasteiger partial charge in [0.15, 0.2) is 0 Å². The maximum atomic E-state index is 14.5. The summed E-state index contributed by atoms with van der Waals surface area (Å²) < 4.78 is 48.9. The van der Waals surface area contributed by atoms with Crippen LogP contribution in [0, 0.1) is 5.92 Å². The largest absolute Gasteiger partial charge is 0.471 e. The number of nitrogens with zero attached hydrogens (tertiary/aromatic N) is 2. The fourth-order valence-electron chi connectivity index (χ4n) is 6.82. The summed E-state index contributed by atoms with van der Waals surface area (Å²) in [7, 11) is 0. The molecule has 304 valence electrons. The van der Waals surface area contributed by atoms with E-state index in [9.17, 15) is 32.3 Å². The van der Waals surface area contributed by atoms with E-state index in [2.05, 4.69) is 33.0 Å². The van der Waals surface area contributed by atoms with Crippen LogP contribution in [0.1, 0.15) is 70.6 Å². The maximum Gasteiger partial charge on any atom is 0.471 e. The average molecular weight is 780 g/mol. The summed E-state index contributed by atoms with van der Waals surface area (Å²) in [5.41, 5.74) is 1.46. The number of piperidine rings is 1. The van der Waals surface area contributed by atoms with E-state index in [1.165, 1.54) is 5.56 Å². The van der Waals surface area contributed by atoms with Crippen molar-refractivity contribution in [3.63, 3.8) is 0 Å². The van der Waals surface area contributed by atoms with E-state index in [0.717, 1.165) is 19.6 Å². The van der Waals surface area contributed by atoms with Gasteiger partial charge in [0.05, 0.1) is 6.04 Å². The predicted octanol–water partition coefficient (Wildman–Crippen LogP) is 6.44. The summed E-state index contributed by atoms with van der Waals surface area (Å²) in [5.74, 6) is -3.66. The van der Waals surface area contributed by atoms with Crippen LogP contribution in [0.3, 0.4) is 0 Å². The molecule has 4 amide bonds. The second-order valence-corrected chi connectivity index (χ2v) is 15.9. The standard InChI is InChI=1S/C43H56F3N5O5/c1-30(2)25-36(38(52)47-34-21-23-50(24-22-34)28-33-19-13-8-14-20-33)49-39(53)37(27-32-17-11-7-12-18-32)51(40(54)43(44,45)46)29-35(26-31-15-9-6-10-16-31)48-41(55)56-42(3,4)5/h6-20,30,34-37H,21-29H2,1-5H3,(H,47,52)(H,48,55)(H,49,53)/t35-,36-,37-/m0/s1. The SMILES string of the molecule is CC(C)C[C@H](NC(=O)[C@H](Cc1ccccc1)N(C[C@H](Cc1ccccc1)NC(=O)OC(C)(C)C)C(=O)C(F)(F)F)C(=O)NC1CCN(Cc2ccccc2)CC1. The van der Waals surface area contributed by atoms with Gasteiger partial charge in [0.25, 0.3) is 0 Å². The van der Waals surface area contributed by atoms with E-state index >= 15 is 0 Å². The maximum absolute atomic E-state index is 14.5. The molecule has 3 aromatic rings. The summed E-state index contributed by atoms with van der Waals surface area (Å²) in [6.45, 7) is 10.3. The lowest BCUT2D eigenvalue weighted by atomic mass is 9.98. The topological polar surface area (TPSA) is 120 Å². The zero-order valence-corrected chi connectivity index (χ0v) is 33.0. The van der Waals surface area contributed by atoms with Gasteiger partial charge in [-0.15, -0.1) is 0 Å². The zero-order chi connectivity index (χ0) is 40.9. The van der Waals surface area contributed by atoms with Crippen LogP contribution < -0.4 is 16.0 Å². The number of halogens is 3. The molecule has 10 nitrogen and oxygen atoms in total. The van der Waals surface area contributed by atoms with Crippen molar-refractivity contribution >= 4 is 23.8 Å². The Morgan fingerprint density at radius 1 is 0.768 bits per heavy atom. The van der Waals surface area contributed by atoms with Crippen molar-refractivity contribution in [3.05, 3.63) is 108 Å². The number of ether oxygens (including phenoxy) is 1. The Bertz CT molecular complexity index is 1700. The number of carbonyl (C=O) groups is 4. The third-order valence-electron chi connectivity index (χ3n) is 9.44. The van der Waals surface area contributed by atoms with E-state index in [1.54, 1.807) is 81.4 Å². The summed E-state index contributed by atoms with van der Waals surface area (Å²) in [6, 6.07) is 23.3. The lowest BCUT2D eigenvalue weighted by molar-refractivity contribution is -0.188. The highest BCUT2D eigenvalue weighted by molar-refractivity contribution is 5.93. The van der Waals surface area contributed by atoms with Gasteiger partial charge in [-0.2, -0.15) is 13.2 Å². The number of alkyl halides is 3. The van der Waals surface area contributed by atoms with Crippen LogP contribution in [0.5, 0.6) is 0 Å². The van der Waals surface area contributed by atoms with Gasteiger partial charge < -0.3 is 25.6 Å². The molecule has 1 aliphatic rings. The number of nitrogens with one attached hydrogen (secondary N) is 3. The minimum absolute atomic E-state index is 0.0317. The van der Waals surface area contributed by atoms with E-state index < -0.39 is 60.3 Å². The number of alkyl carbamates (subject to hydrolysis) is 1. The Balaban J connectivity index is 1.60. The first kappa shape index (κ1) is 43.8. The molecular weight excluding hydrogens is 723 g/mol. The molecule has 13 heteroatoms. The van der Waals surface area contributed by atoms with E-state index in [0.29, 0.717) is 28.9 Å². The molecule has 1 heterocycles. The summed E-state index contributed by atoms with van der Waals surface area (Å²) in [5, 5.41) is 8.46. The van der Waals surface area contributed by atoms with Crippen molar-refractivity contribution in [2.75, 3.05) is 19.6 Å². The third-order valence-corrected chi connectivity index (χ3v) is 9.44. The molecule has 1 saturated heterocycles. The lowest BCUT2D eigenvalue weighted by Gasteiger charge is -2.36. The third kappa shape index (κ3) is 14.6. The van der Waals surface area contributed by atoms with Crippen molar-refractivity contribution in [1.29, 1.82) is 0 Å². The molecule has 0 aromatic heterocycles. The number of hydrogen-bond donors (Lipinski definition) is 3. The van der Waals surface area contributed by atoms with Crippen molar-refractivity contribution in [2.24, 2.45) is 5.92 Å². The van der Waals surface area contributed by atoms with Crippen molar-refractivity contribution in [1.82, 2.24) is 25.8 Å². The highest BCUT2D eigenvalue weighted by Crippen LogP contribution is 2.24. The lowest BCUT2D eigenvalue weighted by Crippen LogP contribution is -2.61. The van der Waals surface area contributed by atoms with Crippen molar-refractivity contribution in [2.45, 2.75) is 109 Å². The van der Waals surface area contributed by atoms with Gasteiger partial charge >= 0.3 is 18.2 Å². The second-order valence-electron chi connectivity index (χ2n) is 15.9. The molecular formula is C43H56F3N5O5. The summed E-state index contributed by atoms with van der Waals surface area (Å²) >= 11 is 0. The Hall–Kier alpha value is -4.91. The number of likely N-dealkylation sites (tertiary alicyclic amines) is 1. The fraction of sp³-hybridized carbons (Fsp3) is 0.488. The minimum Gasteiger partial charge on any atom is -0.444 e. The van der Waals surface area contributed by atoms with Crippen LogP contribution in [0.25, 0.3) is 0 Å². The molecule has 1 fully saturated rings. The Kier molecular flexibility index (Phi) is 15.9. The van der Waals surface area contributed by atoms with Gasteiger partial charge in [-0.1, -0.05) is 105 Å². The number of amides is 4. The highest BCUT2D eigenvalue weighted by Gasteiger charge is 2.47. The molecule has 3 aromatic carbocycles. The predicted molar refractivity (Wildman–Crippen MR) is 209 cm³/mol. The molecule has 0 saturated carbocycles. The van der Waals surface area contributed by atoms with Crippen LogP contribution in [0.4, 0.5) is 18.0 Å². The Morgan fingerprint density at radius 2 is 1.29 bits per heavy atom. The van der Waals surface area contributed by atoms with Crippen LogP contribution >= 0.6 is 0 Å². The monoisotopic (exact) mass is 779 g/mol. The first-order chi connectivity index (χ1) is 26.5. The van der Waals surface area contributed by atoms with Crippen LogP contribution in [-0.4, -0.2) is 89.2 Å². The smallest absolute Gasteiger partial charge is 0.444 e. The quantitative estimate of drug-likeness (QED) is 0.154. The number of carbonyl (C=O) groups excluding carboxylic acids is 4. The average Bonchev–Trinajstić information content (AvgIpc) is 3.13. The molecule has 0 radical (unpaired) electrons. The second kappa shape index (κ2) is 20.3. The Labute approximate surface area is 328 Å². The van der Waals surface area contributed by atoms with Gasteiger partial charge in [0, 0.05) is 38.6 Å². The molecule has 3 atom stereocenters. The molecule has 4 rings (SSSR count). The van der Waals surface area contributed by atoms with Gasteiger partial charge in [-0.25, -0.2) is 4.79 Å². The normalized spacial score (nSPS) is 15.7. The first-order valence-corrected chi connectivity index (χ1v) is 19.3. The van der Waals surface area contributed by atoms with E-state index in [-0.39, 0.29) is 31.2 Å². The number of rotatable bonds is 16. The molecule has 1 aliphatic heterocycles. The van der Waals surface area contributed by atoms with Gasteiger partial charge in [0.2, 0.25) is 11.8 Å². The fourth-order valence-corrected chi connectivity index (χ4v) is 6.82. The molecule has 3 N–H and O–H groups in total. The van der Waals surface area contributed by atoms with E-state index in [4.69, 9.17) is 4.74 Å². The molecule has 0 spiro atoms. The van der Waals surface area contributed by atoms with Crippen LogP contribution in [0.2, 0.25) is 0 Å². The van der Waals surface area contributed by atoms with Crippen molar-refractivity contribution in [3.8, 4) is 0 Å². The van der Waals surface area contributed by atoms with Crippen LogP contribution in [-0.2, 0) is 38.5 Å².